The van der Waals surface area contributed by atoms with E-state index in [4.69, 9.17) is 10.5 Å². The molecule has 0 aliphatic carbocycles. The van der Waals surface area contributed by atoms with Gasteiger partial charge >= 0.3 is 5.97 Å². The van der Waals surface area contributed by atoms with Crippen LogP contribution < -0.4 is 11.3 Å². The number of fused-ring (bicyclic) bond motifs is 1. The molecule has 6 nitrogen and oxygen atoms in total. The molecule has 3 aromatic rings. The second kappa shape index (κ2) is 5.92. The maximum Gasteiger partial charge on any atom is 0.338 e. The minimum absolute atomic E-state index is 0.0666. The molecular weight excluding hydrogens is 294 g/mol. The van der Waals surface area contributed by atoms with Crippen LogP contribution in [0.25, 0.3) is 5.65 Å². The Labute approximate surface area is 132 Å². The van der Waals surface area contributed by atoms with Crippen molar-refractivity contribution in [2.24, 2.45) is 0 Å². The molecule has 0 spiro atoms. The lowest BCUT2D eigenvalue weighted by Gasteiger charge is -2.07. The number of benzene rings is 1. The average Bonchev–Trinajstić information content (AvgIpc) is 2.54. The van der Waals surface area contributed by atoms with Crippen LogP contribution in [0.4, 0.5) is 5.69 Å². The number of rotatable bonds is 3. The quantitative estimate of drug-likeness (QED) is 0.590. The molecule has 0 radical (unpaired) electrons. The van der Waals surface area contributed by atoms with E-state index in [0.717, 1.165) is 5.56 Å². The van der Waals surface area contributed by atoms with Gasteiger partial charge in [0.1, 0.15) is 12.3 Å². The highest BCUT2D eigenvalue weighted by Crippen LogP contribution is 2.09. The molecule has 0 saturated heterocycles. The highest BCUT2D eigenvalue weighted by atomic mass is 16.5. The fourth-order valence-corrected chi connectivity index (χ4v) is 2.17. The van der Waals surface area contributed by atoms with E-state index in [1.807, 2.05) is 13.0 Å². The summed E-state index contributed by atoms with van der Waals surface area (Å²) in [5.41, 5.74) is 8.21. The van der Waals surface area contributed by atoms with Crippen molar-refractivity contribution in [3.8, 4) is 0 Å². The molecule has 0 amide bonds. The first-order valence-electron chi connectivity index (χ1n) is 7.04. The molecule has 0 atom stereocenters. The minimum atomic E-state index is -0.490. The van der Waals surface area contributed by atoms with Gasteiger partial charge in [-0.3, -0.25) is 9.20 Å². The van der Waals surface area contributed by atoms with Crippen LogP contribution in [0.5, 0.6) is 0 Å². The van der Waals surface area contributed by atoms with Gasteiger partial charge in [-0.15, -0.1) is 0 Å². The van der Waals surface area contributed by atoms with Gasteiger partial charge in [-0.25, -0.2) is 9.78 Å². The zero-order valence-corrected chi connectivity index (χ0v) is 12.5. The smallest absolute Gasteiger partial charge is 0.338 e. The summed E-state index contributed by atoms with van der Waals surface area (Å²) in [6, 6.07) is 11.4. The molecule has 0 unspecified atom stereocenters. The number of aromatic nitrogens is 2. The molecule has 0 fully saturated rings. The Balaban J connectivity index is 1.79. The van der Waals surface area contributed by atoms with Gasteiger partial charge in [-0.05, 0) is 42.8 Å². The molecule has 0 saturated carbocycles. The molecule has 3 rings (SSSR count). The third-order valence-corrected chi connectivity index (χ3v) is 3.36. The monoisotopic (exact) mass is 309 g/mol. The summed E-state index contributed by atoms with van der Waals surface area (Å²) in [5, 5.41) is 0. The lowest BCUT2D eigenvalue weighted by Crippen LogP contribution is -2.16. The number of anilines is 1. The number of carbonyl (C=O) groups is 1. The number of carbonyl (C=O) groups excluding carboxylic acids is 1. The van der Waals surface area contributed by atoms with Crippen LogP contribution in [-0.4, -0.2) is 15.4 Å². The summed E-state index contributed by atoms with van der Waals surface area (Å²) in [7, 11) is 0. The number of esters is 1. The standard InChI is InChI=1S/C17H15N3O3/c1-11-2-7-15-19-14(8-16(21)20(15)9-11)10-23-17(22)12-3-5-13(18)6-4-12/h2-9H,10,18H2,1H3. The molecule has 2 N–H and O–H groups in total. The Kier molecular flexibility index (Phi) is 3.80. The third kappa shape index (κ3) is 3.21. The van der Waals surface area contributed by atoms with Crippen LogP contribution in [0.2, 0.25) is 0 Å². The van der Waals surface area contributed by atoms with E-state index in [1.54, 1.807) is 36.5 Å². The van der Waals surface area contributed by atoms with Crippen LogP contribution in [-0.2, 0) is 11.3 Å². The van der Waals surface area contributed by atoms with Crippen molar-refractivity contribution in [2.45, 2.75) is 13.5 Å². The molecule has 0 bridgehead atoms. The van der Waals surface area contributed by atoms with E-state index in [2.05, 4.69) is 4.98 Å². The number of nitrogens with two attached hydrogens (primary N) is 1. The van der Waals surface area contributed by atoms with E-state index < -0.39 is 5.97 Å². The van der Waals surface area contributed by atoms with Gasteiger partial charge in [0, 0.05) is 18.0 Å². The van der Waals surface area contributed by atoms with Gasteiger partial charge in [-0.2, -0.15) is 0 Å². The molecule has 1 aromatic carbocycles. The minimum Gasteiger partial charge on any atom is -0.456 e. The number of pyridine rings is 1. The first-order valence-corrected chi connectivity index (χ1v) is 7.04. The Morgan fingerprint density at radius 3 is 2.70 bits per heavy atom. The predicted molar refractivity (Wildman–Crippen MR) is 86.2 cm³/mol. The van der Waals surface area contributed by atoms with E-state index in [9.17, 15) is 9.59 Å². The number of hydrogen-bond acceptors (Lipinski definition) is 5. The van der Waals surface area contributed by atoms with Gasteiger partial charge < -0.3 is 10.5 Å². The van der Waals surface area contributed by atoms with Gasteiger partial charge in [0.2, 0.25) is 0 Å². The summed E-state index contributed by atoms with van der Waals surface area (Å²) in [6.07, 6.45) is 1.72. The van der Waals surface area contributed by atoms with E-state index in [-0.39, 0.29) is 12.2 Å². The van der Waals surface area contributed by atoms with E-state index >= 15 is 0 Å². The van der Waals surface area contributed by atoms with Gasteiger partial charge in [0.25, 0.3) is 5.56 Å². The largest absolute Gasteiger partial charge is 0.456 e. The maximum atomic E-state index is 12.1. The summed E-state index contributed by atoms with van der Waals surface area (Å²) in [5.74, 6) is -0.490. The van der Waals surface area contributed by atoms with E-state index in [1.165, 1.54) is 10.5 Å². The molecular formula is C17H15N3O3. The van der Waals surface area contributed by atoms with Gasteiger partial charge in [-0.1, -0.05) is 6.07 Å². The predicted octanol–water partition coefficient (Wildman–Crippen LogP) is 1.94. The highest BCUT2D eigenvalue weighted by molar-refractivity contribution is 5.89. The van der Waals surface area contributed by atoms with Crippen LogP contribution in [0.3, 0.4) is 0 Å². The van der Waals surface area contributed by atoms with Crippen LogP contribution in [0, 0.1) is 6.92 Å². The number of ether oxygens (including phenoxy) is 1. The zero-order valence-electron chi connectivity index (χ0n) is 12.5. The zero-order chi connectivity index (χ0) is 16.4. The summed E-state index contributed by atoms with van der Waals surface area (Å²) in [4.78, 5) is 28.3. The Bertz CT molecular complexity index is 930. The van der Waals surface area contributed by atoms with Gasteiger partial charge in [0.05, 0.1) is 11.3 Å². The number of nitrogen functional groups attached to an aromatic ring is 1. The molecule has 2 aromatic heterocycles. The van der Waals surface area contributed by atoms with Crippen molar-refractivity contribution in [3.63, 3.8) is 0 Å². The fraction of sp³-hybridized carbons (Fsp3) is 0.118. The molecule has 23 heavy (non-hydrogen) atoms. The molecule has 0 aliphatic heterocycles. The summed E-state index contributed by atoms with van der Waals surface area (Å²) < 4.78 is 6.65. The topological polar surface area (TPSA) is 86.7 Å². The van der Waals surface area contributed by atoms with Crippen LogP contribution >= 0.6 is 0 Å². The lowest BCUT2D eigenvalue weighted by molar-refractivity contribution is 0.0468. The van der Waals surface area contributed by atoms with Crippen molar-refractivity contribution in [1.29, 1.82) is 0 Å². The normalized spacial score (nSPS) is 10.7. The van der Waals surface area contributed by atoms with Crippen molar-refractivity contribution in [1.82, 2.24) is 9.38 Å². The maximum absolute atomic E-state index is 12.1. The van der Waals surface area contributed by atoms with Gasteiger partial charge in [0.15, 0.2) is 0 Å². The molecule has 0 aliphatic rings. The molecule has 116 valence electrons. The first kappa shape index (κ1) is 14.8. The van der Waals surface area contributed by atoms with Crippen molar-refractivity contribution in [2.75, 3.05) is 5.73 Å². The number of nitrogens with zero attached hydrogens (tertiary/aromatic N) is 2. The summed E-state index contributed by atoms with van der Waals surface area (Å²) in [6.45, 7) is 1.83. The van der Waals surface area contributed by atoms with Crippen LogP contribution in [0.1, 0.15) is 21.6 Å². The second-order valence-corrected chi connectivity index (χ2v) is 5.22. The Morgan fingerprint density at radius 1 is 1.22 bits per heavy atom. The number of hydrogen-bond donors (Lipinski definition) is 1. The fourth-order valence-electron chi connectivity index (χ4n) is 2.17. The lowest BCUT2D eigenvalue weighted by atomic mass is 10.2. The SMILES string of the molecule is Cc1ccc2nc(COC(=O)c3ccc(N)cc3)cc(=O)n2c1. The van der Waals surface area contributed by atoms with Crippen molar-refractivity contribution in [3.05, 3.63) is 75.8 Å². The van der Waals surface area contributed by atoms with Crippen molar-refractivity contribution >= 4 is 17.3 Å². The third-order valence-electron chi connectivity index (χ3n) is 3.36. The first-order chi connectivity index (χ1) is 11.0. The summed E-state index contributed by atoms with van der Waals surface area (Å²) >= 11 is 0. The highest BCUT2D eigenvalue weighted by Gasteiger charge is 2.09. The van der Waals surface area contributed by atoms with Crippen LogP contribution in [0.15, 0.2) is 53.5 Å². The Morgan fingerprint density at radius 2 is 1.96 bits per heavy atom. The number of aryl methyl sites for hydroxylation is 1. The van der Waals surface area contributed by atoms with Crippen molar-refractivity contribution < 1.29 is 9.53 Å². The average molecular weight is 309 g/mol. The second-order valence-electron chi connectivity index (χ2n) is 5.22. The van der Waals surface area contributed by atoms with E-state index in [0.29, 0.717) is 22.6 Å². The Hall–Kier alpha value is -3.15. The molecule has 2 heterocycles. The molecule has 6 heteroatoms.